The number of hydrogen-bond acceptors (Lipinski definition) is 4. The molecule has 7 nitrogen and oxygen atoms in total. The second-order valence-electron chi connectivity index (χ2n) is 3.96. The molecule has 0 fully saturated rings. The van der Waals surface area contributed by atoms with Crippen LogP contribution in [0.2, 0.25) is 0 Å². The Morgan fingerprint density at radius 1 is 0.867 bits per heavy atom. The standard InChI is InChI=1S/C6H15NO6S2/c1-7(2,3-5-14(8,9)10)4-6-15(11,12)13/h3-6H2,1-2H3,(H-,8,9,10,11,12,13)/p+1. The lowest BCUT2D eigenvalue weighted by atomic mass is 10.5. The average Bonchev–Trinajstić information content (AvgIpc) is 1.96. The summed E-state index contributed by atoms with van der Waals surface area (Å²) in [7, 11) is -4.86. The fourth-order valence-corrected chi connectivity index (χ4v) is 2.29. The van der Waals surface area contributed by atoms with Crippen LogP contribution < -0.4 is 0 Å². The van der Waals surface area contributed by atoms with Crippen LogP contribution in [-0.4, -0.2) is 69.1 Å². The lowest BCUT2D eigenvalue weighted by molar-refractivity contribution is -0.885. The quantitative estimate of drug-likeness (QED) is 0.461. The van der Waals surface area contributed by atoms with Crippen LogP contribution in [0.3, 0.4) is 0 Å². The Morgan fingerprint density at radius 2 is 1.13 bits per heavy atom. The normalized spacial score (nSPS) is 14.1. The molecule has 0 radical (unpaired) electrons. The molecule has 92 valence electrons. The Bertz CT molecular complexity index is 357. The molecule has 9 heteroatoms. The maximum atomic E-state index is 10.5. The van der Waals surface area contributed by atoms with Crippen LogP contribution in [-0.2, 0) is 20.2 Å². The van der Waals surface area contributed by atoms with Crippen molar-refractivity contribution in [2.75, 3.05) is 38.7 Å². The molecule has 0 rings (SSSR count). The number of rotatable bonds is 6. The van der Waals surface area contributed by atoms with Gasteiger partial charge in [-0.05, 0) is 0 Å². The van der Waals surface area contributed by atoms with Gasteiger partial charge >= 0.3 is 0 Å². The summed E-state index contributed by atoms with van der Waals surface area (Å²) in [6, 6.07) is 0. The number of hydrogen-bond donors (Lipinski definition) is 2. The lowest BCUT2D eigenvalue weighted by Gasteiger charge is -2.28. The van der Waals surface area contributed by atoms with Gasteiger partial charge in [-0.3, -0.25) is 9.11 Å². The molecule has 0 aromatic heterocycles. The minimum absolute atomic E-state index is 0.0777. The summed E-state index contributed by atoms with van der Waals surface area (Å²) in [4.78, 5) is 0. The Balaban J connectivity index is 4.21. The van der Waals surface area contributed by atoms with Crippen molar-refractivity contribution < 1.29 is 30.4 Å². The molecule has 0 saturated heterocycles. The van der Waals surface area contributed by atoms with Gasteiger partial charge in [-0.15, -0.1) is 0 Å². The summed E-state index contributed by atoms with van der Waals surface area (Å²) >= 11 is 0. The van der Waals surface area contributed by atoms with E-state index in [0.29, 0.717) is 0 Å². The first-order valence-electron chi connectivity index (χ1n) is 4.14. The van der Waals surface area contributed by atoms with Crippen molar-refractivity contribution in [1.82, 2.24) is 0 Å². The molecule has 0 aliphatic carbocycles. The third-order valence-electron chi connectivity index (χ3n) is 1.91. The summed E-state index contributed by atoms with van der Waals surface area (Å²) in [5.74, 6) is -0.878. The van der Waals surface area contributed by atoms with E-state index in [1.165, 1.54) is 0 Å². The molecule has 0 heterocycles. The predicted molar refractivity (Wildman–Crippen MR) is 54.7 cm³/mol. The van der Waals surface area contributed by atoms with Gasteiger partial charge in [0.1, 0.15) is 11.5 Å². The van der Waals surface area contributed by atoms with E-state index < -0.39 is 31.7 Å². The molecule has 0 saturated carbocycles. The highest BCUT2D eigenvalue weighted by molar-refractivity contribution is 7.86. The van der Waals surface area contributed by atoms with Crippen LogP contribution in [0.5, 0.6) is 0 Å². The molecule has 0 bridgehead atoms. The highest BCUT2D eigenvalue weighted by Gasteiger charge is 2.21. The third kappa shape index (κ3) is 10.1. The monoisotopic (exact) mass is 262 g/mol. The molecule has 0 aromatic carbocycles. The first-order valence-corrected chi connectivity index (χ1v) is 7.35. The number of nitrogens with zero attached hydrogens (tertiary/aromatic N) is 1. The molecular weight excluding hydrogens is 246 g/mol. The maximum Gasteiger partial charge on any atom is 0.270 e. The van der Waals surface area contributed by atoms with E-state index in [4.69, 9.17) is 9.11 Å². The van der Waals surface area contributed by atoms with Gasteiger partial charge in [-0.25, -0.2) is 0 Å². The summed E-state index contributed by atoms with van der Waals surface area (Å²) in [5.41, 5.74) is 0. The van der Waals surface area contributed by atoms with Gasteiger partial charge in [0.05, 0.1) is 27.2 Å². The molecule has 0 amide bonds. The van der Waals surface area contributed by atoms with Crippen molar-refractivity contribution in [3.05, 3.63) is 0 Å². The van der Waals surface area contributed by atoms with E-state index >= 15 is 0 Å². The van der Waals surface area contributed by atoms with E-state index in [-0.39, 0.29) is 17.6 Å². The Labute approximate surface area is 89.8 Å². The van der Waals surface area contributed by atoms with E-state index in [0.717, 1.165) is 0 Å². The molecule has 2 N–H and O–H groups in total. The van der Waals surface area contributed by atoms with Gasteiger partial charge in [-0.2, -0.15) is 16.8 Å². The zero-order chi connectivity index (χ0) is 12.3. The summed E-state index contributed by atoms with van der Waals surface area (Å²) in [6.45, 7) is 0.155. The number of quaternary nitrogens is 1. The van der Waals surface area contributed by atoms with E-state index in [1.54, 1.807) is 14.1 Å². The average molecular weight is 262 g/mol. The van der Waals surface area contributed by atoms with Gasteiger partial charge < -0.3 is 4.48 Å². The second kappa shape index (κ2) is 4.74. The molecule has 0 atom stereocenters. The van der Waals surface area contributed by atoms with E-state index in [9.17, 15) is 16.8 Å². The molecule has 0 spiro atoms. The fourth-order valence-electron chi connectivity index (χ4n) is 0.837. The largest absolute Gasteiger partial charge is 0.327 e. The van der Waals surface area contributed by atoms with Crippen molar-refractivity contribution in [1.29, 1.82) is 0 Å². The van der Waals surface area contributed by atoms with Crippen molar-refractivity contribution in [3.8, 4) is 0 Å². The van der Waals surface area contributed by atoms with Gasteiger partial charge in [0.2, 0.25) is 0 Å². The third-order valence-corrected chi connectivity index (χ3v) is 3.31. The molecule has 15 heavy (non-hydrogen) atoms. The van der Waals surface area contributed by atoms with Crippen LogP contribution in [0.25, 0.3) is 0 Å². The Morgan fingerprint density at radius 3 is 1.33 bits per heavy atom. The van der Waals surface area contributed by atoms with Crippen molar-refractivity contribution in [2.24, 2.45) is 0 Å². The zero-order valence-electron chi connectivity index (χ0n) is 8.62. The Hall–Kier alpha value is -0.220. The SMILES string of the molecule is C[N+](C)(CCS(=O)(=O)O)CCS(=O)(=O)O. The first-order chi connectivity index (χ1) is 6.41. The fraction of sp³-hybridized carbons (Fsp3) is 1.00. The van der Waals surface area contributed by atoms with Gasteiger partial charge in [0.25, 0.3) is 20.2 Å². The Kier molecular flexibility index (Phi) is 4.67. The lowest BCUT2D eigenvalue weighted by Crippen LogP contribution is -2.46. The minimum Gasteiger partial charge on any atom is -0.327 e. The molecule has 0 aliphatic rings. The van der Waals surface area contributed by atoms with Crippen LogP contribution >= 0.6 is 0 Å². The van der Waals surface area contributed by atoms with Crippen LogP contribution in [0, 0.1) is 0 Å². The first kappa shape index (κ1) is 14.8. The maximum absolute atomic E-state index is 10.5. The highest BCUT2D eigenvalue weighted by atomic mass is 32.2. The van der Waals surface area contributed by atoms with E-state index in [1.807, 2.05) is 0 Å². The molecule has 0 unspecified atom stereocenters. The van der Waals surface area contributed by atoms with Crippen molar-refractivity contribution >= 4 is 20.2 Å². The molecular formula is C6H16NO6S2+. The van der Waals surface area contributed by atoms with Gasteiger partial charge in [-0.1, -0.05) is 0 Å². The van der Waals surface area contributed by atoms with Crippen LogP contribution in [0.4, 0.5) is 0 Å². The second-order valence-corrected chi connectivity index (χ2v) is 7.10. The molecule has 0 aromatic rings. The van der Waals surface area contributed by atoms with Crippen molar-refractivity contribution in [2.45, 2.75) is 0 Å². The minimum atomic E-state index is -4.04. The highest BCUT2D eigenvalue weighted by Crippen LogP contribution is 1.99. The summed E-state index contributed by atoms with van der Waals surface area (Å²) in [5, 5.41) is 0. The van der Waals surface area contributed by atoms with Crippen LogP contribution in [0.1, 0.15) is 0 Å². The van der Waals surface area contributed by atoms with E-state index in [2.05, 4.69) is 0 Å². The predicted octanol–water partition coefficient (Wildman–Crippen LogP) is -1.16. The molecule has 0 aliphatic heterocycles. The van der Waals surface area contributed by atoms with Gasteiger partial charge in [0, 0.05) is 0 Å². The van der Waals surface area contributed by atoms with Crippen molar-refractivity contribution in [3.63, 3.8) is 0 Å². The zero-order valence-corrected chi connectivity index (χ0v) is 10.3. The topological polar surface area (TPSA) is 109 Å². The summed E-state index contributed by atoms with van der Waals surface area (Å²) < 4.78 is 58.9. The smallest absolute Gasteiger partial charge is 0.270 e. The van der Waals surface area contributed by atoms with Crippen LogP contribution in [0.15, 0.2) is 0 Å². The van der Waals surface area contributed by atoms with Gasteiger partial charge in [0.15, 0.2) is 0 Å². The summed E-state index contributed by atoms with van der Waals surface area (Å²) in [6.07, 6.45) is 0.